The van der Waals surface area contributed by atoms with E-state index in [0.717, 1.165) is 36.9 Å². The van der Waals surface area contributed by atoms with E-state index in [1.807, 2.05) is 47.5 Å². The van der Waals surface area contributed by atoms with Crippen LogP contribution in [0.1, 0.15) is 30.4 Å². The normalized spacial score (nSPS) is 26.5. The molecule has 4 nitrogen and oxygen atoms in total. The molecule has 1 aliphatic carbocycles. The molecule has 0 unspecified atom stereocenters. The van der Waals surface area contributed by atoms with E-state index >= 15 is 0 Å². The van der Waals surface area contributed by atoms with Crippen molar-refractivity contribution < 1.29 is 9.90 Å². The van der Waals surface area contributed by atoms with Gasteiger partial charge in [0.2, 0.25) is 0 Å². The number of aliphatic hydroxyl groups is 1. The molecule has 4 heteroatoms. The van der Waals surface area contributed by atoms with E-state index in [1.54, 1.807) is 6.20 Å². The van der Waals surface area contributed by atoms with Gasteiger partial charge in [-0.25, -0.2) is 0 Å². The Morgan fingerprint density at radius 2 is 2.08 bits per heavy atom. The Morgan fingerprint density at radius 3 is 2.75 bits per heavy atom. The van der Waals surface area contributed by atoms with E-state index in [1.165, 1.54) is 0 Å². The molecular formula is C20H22N2O2. The number of hydrogen-bond donors (Lipinski definition) is 1. The maximum atomic E-state index is 13.0. The Hall–Kier alpha value is -2.20. The lowest BCUT2D eigenvalue weighted by atomic mass is 9.64. The van der Waals surface area contributed by atoms with Crippen LogP contribution in [0.4, 0.5) is 0 Å². The number of carbonyl (C=O) groups is 1. The van der Waals surface area contributed by atoms with Crippen molar-refractivity contribution in [1.29, 1.82) is 0 Å². The van der Waals surface area contributed by atoms with Gasteiger partial charge in [0.05, 0.1) is 5.54 Å². The summed E-state index contributed by atoms with van der Waals surface area (Å²) in [5.41, 5.74) is 1.85. The summed E-state index contributed by atoms with van der Waals surface area (Å²) < 4.78 is 0. The van der Waals surface area contributed by atoms with Gasteiger partial charge in [-0.2, -0.15) is 0 Å². The zero-order valence-corrected chi connectivity index (χ0v) is 13.6. The number of rotatable bonds is 4. The molecule has 124 valence electrons. The monoisotopic (exact) mass is 322 g/mol. The molecule has 0 bridgehead atoms. The third kappa shape index (κ3) is 2.33. The van der Waals surface area contributed by atoms with Crippen molar-refractivity contribution in [2.45, 2.75) is 37.3 Å². The number of aliphatic hydroxyl groups excluding tert-OH is 1. The van der Waals surface area contributed by atoms with Crippen LogP contribution >= 0.6 is 0 Å². The maximum Gasteiger partial charge on any atom is 0.252 e. The highest BCUT2D eigenvalue weighted by atomic mass is 16.3. The van der Waals surface area contributed by atoms with E-state index in [4.69, 9.17) is 0 Å². The summed E-state index contributed by atoms with van der Waals surface area (Å²) in [6, 6.07) is 13.7. The van der Waals surface area contributed by atoms with Crippen LogP contribution in [0, 0.1) is 5.92 Å². The van der Waals surface area contributed by atoms with Crippen LogP contribution in [0.25, 0.3) is 0 Å². The Balaban J connectivity index is 1.57. The van der Waals surface area contributed by atoms with Crippen molar-refractivity contribution in [1.82, 2.24) is 9.88 Å². The predicted molar refractivity (Wildman–Crippen MR) is 91.1 cm³/mol. The summed E-state index contributed by atoms with van der Waals surface area (Å²) in [6.45, 7) is 0.726. The summed E-state index contributed by atoms with van der Waals surface area (Å²) in [6.07, 6.45) is 6.14. The van der Waals surface area contributed by atoms with Crippen molar-refractivity contribution >= 4 is 5.91 Å². The summed E-state index contributed by atoms with van der Waals surface area (Å²) >= 11 is 0. The topological polar surface area (TPSA) is 53.4 Å². The molecule has 2 aliphatic rings. The standard InChI is InChI=1S/C20H22N2O2/c23-18(13-15-5-2-1-3-6-15)19(24)22-12-9-16-8-10-20(16,22)17-7-4-11-21-14-17/h1-7,11,14,16,18,23H,8-10,12-13H2/t16-,18-,20-/m0/s1. The molecule has 1 aliphatic heterocycles. The highest BCUT2D eigenvalue weighted by Gasteiger charge is 2.58. The number of likely N-dealkylation sites (tertiary alicyclic amines) is 1. The lowest BCUT2D eigenvalue weighted by Gasteiger charge is -2.50. The van der Waals surface area contributed by atoms with E-state index in [0.29, 0.717) is 12.3 Å². The Kier molecular flexibility index (Phi) is 3.85. The average molecular weight is 322 g/mol. The lowest BCUT2D eigenvalue weighted by molar-refractivity contribution is -0.149. The van der Waals surface area contributed by atoms with Gasteiger partial charge < -0.3 is 10.0 Å². The lowest BCUT2D eigenvalue weighted by Crippen LogP contribution is -2.56. The fourth-order valence-electron chi connectivity index (χ4n) is 4.41. The van der Waals surface area contributed by atoms with Crippen molar-refractivity contribution in [3.63, 3.8) is 0 Å². The second kappa shape index (κ2) is 6.02. The molecule has 2 aromatic rings. The summed E-state index contributed by atoms with van der Waals surface area (Å²) in [7, 11) is 0. The molecule has 0 radical (unpaired) electrons. The van der Waals surface area contributed by atoms with Gasteiger partial charge in [-0.1, -0.05) is 36.4 Å². The highest BCUT2D eigenvalue weighted by Crippen LogP contribution is 2.56. The largest absolute Gasteiger partial charge is 0.383 e. The van der Waals surface area contributed by atoms with E-state index in [2.05, 4.69) is 11.1 Å². The fourth-order valence-corrected chi connectivity index (χ4v) is 4.41. The van der Waals surface area contributed by atoms with Gasteiger partial charge in [0, 0.05) is 25.4 Å². The number of aromatic nitrogens is 1. The molecule has 1 amide bonds. The van der Waals surface area contributed by atoms with E-state index in [-0.39, 0.29) is 11.4 Å². The molecule has 2 fully saturated rings. The molecule has 2 heterocycles. The molecule has 4 rings (SSSR count). The molecular weight excluding hydrogens is 300 g/mol. The van der Waals surface area contributed by atoms with Crippen LogP contribution in [0.15, 0.2) is 54.9 Å². The first kappa shape index (κ1) is 15.3. The summed E-state index contributed by atoms with van der Waals surface area (Å²) in [5, 5.41) is 10.5. The van der Waals surface area contributed by atoms with E-state index < -0.39 is 6.10 Å². The highest BCUT2D eigenvalue weighted by molar-refractivity contribution is 5.82. The zero-order valence-electron chi connectivity index (χ0n) is 13.6. The van der Waals surface area contributed by atoms with Crippen LogP contribution in [-0.2, 0) is 16.8 Å². The van der Waals surface area contributed by atoms with Gasteiger partial charge in [-0.15, -0.1) is 0 Å². The van der Waals surface area contributed by atoms with Crippen LogP contribution < -0.4 is 0 Å². The fraction of sp³-hybridized carbons (Fsp3) is 0.400. The molecule has 1 saturated carbocycles. The molecule has 1 N–H and O–H groups in total. The van der Waals surface area contributed by atoms with Crippen molar-refractivity contribution in [3.05, 3.63) is 66.0 Å². The summed E-state index contributed by atoms with van der Waals surface area (Å²) in [5.74, 6) is 0.347. The number of hydrogen-bond acceptors (Lipinski definition) is 3. The first-order valence-corrected chi connectivity index (χ1v) is 8.66. The number of fused-ring (bicyclic) bond motifs is 1. The van der Waals surface area contributed by atoms with Crippen LogP contribution in [-0.4, -0.2) is 33.5 Å². The average Bonchev–Trinajstić information content (AvgIpc) is 2.86. The Morgan fingerprint density at radius 1 is 1.25 bits per heavy atom. The number of nitrogens with zero attached hydrogens (tertiary/aromatic N) is 2. The predicted octanol–water partition coefficient (Wildman–Crippen LogP) is 2.52. The molecule has 1 aromatic heterocycles. The van der Waals surface area contributed by atoms with Crippen molar-refractivity contribution in [2.24, 2.45) is 5.92 Å². The molecule has 0 spiro atoms. The van der Waals surface area contributed by atoms with Crippen molar-refractivity contribution in [3.8, 4) is 0 Å². The Bertz CT molecular complexity index is 719. The third-order valence-electron chi connectivity index (χ3n) is 5.72. The first-order chi connectivity index (χ1) is 11.7. The SMILES string of the molecule is O=C([C@@H](O)Cc1ccccc1)N1CC[C@@H]2CC[C@@]21c1cccnc1. The minimum absolute atomic E-state index is 0.148. The molecule has 1 aromatic carbocycles. The van der Waals surface area contributed by atoms with Gasteiger partial charge in [0.1, 0.15) is 6.10 Å². The van der Waals surface area contributed by atoms with Gasteiger partial charge in [0.15, 0.2) is 0 Å². The smallest absolute Gasteiger partial charge is 0.252 e. The third-order valence-corrected chi connectivity index (χ3v) is 5.72. The van der Waals surface area contributed by atoms with Crippen LogP contribution in [0.5, 0.6) is 0 Å². The number of amides is 1. The van der Waals surface area contributed by atoms with Gasteiger partial charge in [0.25, 0.3) is 5.91 Å². The van der Waals surface area contributed by atoms with Crippen LogP contribution in [0.3, 0.4) is 0 Å². The van der Waals surface area contributed by atoms with E-state index in [9.17, 15) is 9.90 Å². The molecule has 3 atom stereocenters. The second-order valence-electron chi connectivity index (χ2n) is 6.89. The molecule has 1 saturated heterocycles. The number of benzene rings is 1. The minimum Gasteiger partial charge on any atom is -0.383 e. The van der Waals surface area contributed by atoms with Crippen molar-refractivity contribution in [2.75, 3.05) is 6.54 Å². The van der Waals surface area contributed by atoms with Gasteiger partial charge in [-0.3, -0.25) is 9.78 Å². The zero-order chi connectivity index (χ0) is 16.6. The van der Waals surface area contributed by atoms with Crippen LogP contribution in [0.2, 0.25) is 0 Å². The second-order valence-corrected chi connectivity index (χ2v) is 6.89. The minimum atomic E-state index is -0.986. The van der Waals surface area contributed by atoms with Gasteiger partial charge >= 0.3 is 0 Å². The first-order valence-electron chi connectivity index (χ1n) is 8.66. The maximum absolute atomic E-state index is 13.0. The number of pyridine rings is 1. The summed E-state index contributed by atoms with van der Waals surface area (Å²) in [4.78, 5) is 19.1. The number of carbonyl (C=O) groups excluding carboxylic acids is 1. The quantitative estimate of drug-likeness (QED) is 0.941. The van der Waals surface area contributed by atoms with Gasteiger partial charge in [-0.05, 0) is 42.4 Å². The Labute approximate surface area is 142 Å². The molecule has 24 heavy (non-hydrogen) atoms.